The maximum absolute atomic E-state index is 11.0. The van der Waals surface area contributed by atoms with Gasteiger partial charge in [-0.25, -0.2) is 4.79 Å². The Hall–Kier alpha value is -3.39. The topological polar surface area (TPSA) is 159 Å². The molecule has 8 heteroatoms. The fourth-order valence-corrected chi connectivity index (χ4v) is 1.15. The highest BCUT2D eigenvalue weighted by Crippen LogP contribution is 2.17. The van der Waals surface area contributed by atoms with Crippen molar-refractivity contribution in [3.8, 4) is 12.1 Å². The molecular weight excluding hydrogens is 248 g/mol. The second kappa shape index (κ2) is 5.80. The average Bonchev–Trinajstić information content (AvgIpc) is 2.38. The first-order valence-electron chi connectivity index (χ1n) is 4.85. The van der Waals surface area contributed by atoms with E-state index in [2.05, 4.69) is 10.5 Å². The minimum atomic E-state index is -1.22. The summed E-state index contributed by atoms with van der Waals surface area (Å²) in [4.78, 5) is 11.0. The van der Waals surface area contributed by atoms with E-state index in [0.29, 0.717) is 0 Å². The summed E-state index contributed by atoms with van der Waals surface area (Å²) >= 11 is 0. The summed E-state index contributed by atoms with van der Waals surface area (Å²) in [5.41, 5.74) is 7.14. The van der Waals surface area contributed by atoms with E-state index >= 15 is 0 Å². The Morgan fingerprint density at radius 1 is 1.47 bits per heavy atom. The number of hydrogen-bond donors (Lipinski definition) is 4. The number of carbonyl (C=O) groups is 1. The van der Waals surface area contributed by atoms with Crippen molar-refractivity contribution in [1.82, 2.24) is 0 Å². The zero-order chi connectivity index (χ0) is 14.4. The number of nitrogens with two attached hydrogens (primary N) is 1. The highest BCUT2D eigenvalue weighted by atomic mass is 16.4. The summed E-state index contributed by atoms with van der Waals surface area (Å²) in [5.74, 6) is -1.77. The van der Waals surface area contributed by atoms with Crippen molar-refractivity contribution in [2.24, 2.45) is 10.8 Å². The molecule has 8 nitrogen and oxygen atoms in total. The minimum Gasteiger partial charge on any atom is -0.478 e. The molecule has 0 amide bonds. The van der Waals surface area contributed by atoms with Crippen LogP contribution >= 0.6 is 0 Å². The molecule has 0 aliphatic heterocycles. The molecule has 0 heterocycles. The fourth-order valence-electron chi connectivity index (χ4n) is 1.15. The number of carboxylic acid groups (broad SMARTS) is 1. The van der Waals surface area contributed by atoms with Gasteiger partial charge in [-0.15, -0.1) is 0 Å². The molecule has 0 bridgehead atoms. The van der Waals surface area contributed by atoms with Crippen LogP contribution in [0.15, 0.2) is 23.3 Å². The molecule has 0 fully saturated rings. The third kappa shape index (κ3) is 3.28. The first-order chi connectivity index (χ1) is 8.99. The molecule has 1 aromatic carbocycles. The molecule has 0 unspecified atom stereocenters. The van der Waals surface area contributed by atoms with Crippen molar-refractivity contribution < 1.29 is 9.90 Å². The Balaban J connectivity index is 3.20. The number of carboxylic acids is 1. The van der Waals surface area contributed by atoms with Crippen LogP contribution < -0.4 is 11.2 Å². The van der Waals surface area contributed by atoms with Crippen molar-refractivity contribution in [3.05, 3.63) is 29.3 Å². The third-order valence-corrected chi connectivity index (χ3v) is 2.03. The maximum atomic E-state index is 11.0. The zero-order valence-corrected chi connectivity index (χ0v) is 9.51. The zero-order valence-electron chi connectivity index (χ0n) is 9.51. The van der Waals surface area contributed by atoms with Crippen LogP contribution in [0, 0.1) is 28.1 Å². The summed E-state index contributed by atoms with van der Waals surface area (Å²) < 4.78 is 0. The molecule has 19 heavy (non-hydrogen) atoms. The summed E-state index contributed by atoms with van der Waals surface area (Å²) in [6.45, 7) is 0. The van der Waals surface area contributed by atoms with Crippen LogP contribution in [0.5, 0.6) is 0 Å². The van der Waals surface area contributed by atoms with Crippen LogP contribution in [0.1, 0.15) is 15.9 Å². The van der Waals surface area contributed by atoms with Crippen LogP contribution in [0.25, 0.3) is 0 Å². The van der Waals surface area contributed by atoms with E-state index in [-0.39, 0.29) is 16.8 Å². The molecule has 0 aliphatic rings. The Labute approximate surface area is 107 Å². The van der Waals surface area contributed by atoms with Gasteiger partial charge in [0.15, 0.2) is 5.84 Å². The summed E-state index contributed by atoms with van der Waals surface area (Å²) in [6, 6.07) is 7.26. The molecule has 94 valence electrons. The normalized spacial score (nSPS) is 10.1. The lowest BCUT2D eigenvalue weighted by atomic mass is 10.1. The van der Waals surface area contributed by atoms with Crippen molar-refractivity contribution in [2.75, 3.05) is 5.43 Å². The van der Waals surface area contributed by atoms with E-state index in [1.807, 2.05) is 6.07 Å². The molecule has 0 saturated carbocycles. The van der Waals surface area contributed by atoms with Crippen molar-refractivity contribution in [3.63, 3.8) is 0 Å². The number of benzene rings is 1. The lowest BCUT2D eigenvalue weighted by Gasteiger charge is -2.05. The Morgan fingerprint density at radius 2 is 2.16 bits per heavy atom. The van der Waals surface area contributed by atoms with Gasteiger partial charge in [0, 0.05) is 0 Å². The van der Waals surface area contributed by atoms with Gasteiger partial charge in [0.1, 0.15) is 6.07 Å². The van der Waals surface area contributed by atoms with E-state index in [1.54, 1.807) is 6.07 Å². The number of rotatable bonds is 4. The largest absolute Gasteiger partial charge is 0.478 e. The number of hydrazone groups is 1. The fraction of sp³-hybridized carbons (Fsp3) is 0. The number of nitrogens with zero attached hydrogens (tertiary/aromatic N) is 3. The van der Waals surface area contributed by atoms with Gasteiger partial charge in [-0.1, -0.05) is 0 Å². The number of anilines is 1. The van der Waals surface area contributed by atoms with Gasteiger partial charge >= 0.3 is 5.97 Å². The summed E-state index contributed by atoms with van der Waals surface area (Å²) in [6.07, 6.45) is 0. The Kier molecular flexibility index (Phi) is 4.17. The number of nitrogens with one attached hydrogen (secondary N) is 2. The first-order valence-corrected chi connectivity index (χ1v) is 4.85. The molecule has 1 aromatic rings. The molecule has 0 spiro atoms. The van der Waals surface area contributed by atoms with E-state index in [1.165, 1.54) is 18.2 Å². The lowest BCUT2D eigenvalue weighted by molar-refractivity contribution is 0.0698. The van der Waals surface area contributed by atoms with Gasteiger partial charge in [-0.05, 0) is 18.2 Å². The molecule has 0 aliphatic carbocycles. The number of aromatic carboxylic acids is 1. The quantitative estimate of drug-likeness (QED) is 0.348. The lowest BCUT2D eigenvalue weighted by Crippen LogP contribution is -2.22. The van der Waals surface area contributed by atoms with Crippen molar-refractivity contribution in [2.45, 2.75) is 0 Å². The number of hydrogen-bond acceptors (Lipinski definition) is 6. The van der Waals surface area contributed by atoms with Crippen molar-refractivity contribution in [1.29, 1.82) is 15.9 Å². The standard InChI is InChI=1S/C11H8N6O2/c12-4-6-1-2-7(11(18)19)8(3-6)16-17-9(5-13)10(14)15/h1-3,16H,(H3,14,15)(H,18,19)/b17-9+. The smallest absolute Gasteiger partial charge is 0.337 e. The van der Waals surface area contributed by atoms with Gasteiger partial charge in [0.25, 0.3) is 0 Å². The summed E-state index contributed by atoms with van der Waals surface area (Å²) in [5, 5.41) is 36.9. The van der Waals surface area contributed by atoms with E-state index < -0.39 is 17.5 Å². The van der Waals surface area contributed by atoms with Gasteiger partial charge < -0.3 is 10.8 Å². The van der Waals surface area contributed by atoms with Crippen molar-refractivity contribution >= 4 is 23.2 Å². The van der Waals surface area contributed by atoms with Crippen LogP contribution in [-0.2, 0) is 0 Å². The van der Waals surface area contributed by atoms with Crippen LogP contribution in [0.2, 0.25) is 0 Å². The van der Waals surface area contributed by atoms with E-state index in [0.717, 1.165) is 0 Å². The minimum absolute atomic E-state index is 0.0283. The van der Waals surface area contributed by atoms with Gasteiger partial charge in [-0.2, -0.15) is 15.6 Å². The predicted octanol–water partition coefficient (Wildman–Crippen LogP) is 0.484. The molecule has 1 rings (SSSR count). The van der Waals surface area contributed by atoms with Crippen LogP contribution in [-0.4, -0.2) is 22.6 Å². The monoisotopic (exact) mass is 256 g/mol. The van der Waals surface area contributed by atoms with Gasteiger partial charge in [-0.3, -0.25) is 10.8 Å². The molecule has 0 saturated heterocycles. The SMILES string of the molecule is N#C/C(=N\Nc1cc(C#N)ccc1C(=O)O)C(=N)N. The van der Waals surface area contributed by atoms with E-state index in [4.69, 9.17) is 26.8 Å². The number of nitriles is 2. The highest BCUT2D eigenvalue weighted by molar-refractivity contribution is 6.45. The molecule has 0 atom stereocenters. The van der Waals surface area contributed by atoms with Crippen LogP contribution in [0.3, 0.4) is 0 Å². The summed E-state index contributed by atoms with van der Waals surface area (Å²) in [7, 11) is 0. The van der Waals surface area contributed by atoms with E-state index in [9.17, 15) is 4.79 Å². The second-order valence-electron chi connectivity index (χ2n) is 3.28. The molecular formula is C11H8N6O2. The number of amidine groups is 1. The van der Waals surface area contributed by atoms with Gasteiger partial charge in [0.05, 0.1) is 22.9 Å². The molecule has 0 radical (unpaired) electrons. The second-order valence-corrected chi connectivity index (χ2v) is 3.28. The molecule has 5 N–H and O–H groups in total. The van der Waals surface area contributed by atoms with Crippen LogP contribution in [0.4, 0.5) is 5.69 Å². The Morgan fingerprint density at radius 3 is 2.63 bits per heavy atom. The maximum Gasteiger partial charge on any atom is 0.337 e. The first kappa shape index (κ1) is 13.7. The molecule has 0 aromatic heterocycles. The highest BCUT2D eigenvalue weighted by Gasteiger charge is 2.11. The third-order valence-electron chi connectivity index (χ3n) is 2.03. The average molecular weight is 256 g/mol. The predicted molar refractivity (Wildman–Crippen MR) is 66.7 cm³/mol. The van der Waals surface area contributed by atoms with Gasteiger partial charge in [0.2, 0.25) is 5.71 Å². The Bertz CT molecular complexity index is 650.